The Labute approximate surface area is 340 Å². The van der Waals surface area contributed by atoms with Crippen LogP contribution < -0.4 is 38.5 Å². The lowest BCUT2D eigenvalue weighted by atomic mass is 10.0. The summed E-state index contributed by atoms with van der Waals surface area (Å²) in [6.07, 6.45) is 3.61. The van der Waals surface area contributed by atoms with E-state index in [0.29, 0.717) is 43.5 Å². The highest BCUT2D eigenvalue weighted by molar-refractivity contribution is 7.98. The van der Waals surface area contributed by atoms with Crippen molar-refractivity contribution in [2.75, 3.05) is 38.2 Å². The number of unbranched alkanes of at least 4 members (excludes halogenated alkanes) is 1. The maximum absolute atomic E-state index is 14.1. The van der Waals surface area contributed by atoms with Crippen LogP contribution in [0.3, 0.4) is 0 Å². The fourth-order valence-electron chi connectivity index (χ4n) is 6.89. The fraction of sp³-hybridized carbons (Fsp3) is 0.622. The number of aliphatic hydroxyl groups is 1. The van der Waals surface area contributed by atoms with Gasteiger partial charge >= 0.3 is 5.97 Å². The van der Waals surface area contributed by atoms with E-state index in [1.807, 2.05) is 0 Å². The van der Waals surface area contributed by atoms with Crippen molar-refractivity contribution in [1.82, 2.24) is 31.1 Å². The Balaban J connectivity index is 1.76. The number of rotatable bonds is 23. The summed E-state index contributed by atoms with van der Waals surface area (Å²) >= 11 is 1.39. The third-order valence-electron chi connectivity index (χ3n) is 10.0. The Kier molecular flexibility index (Phi) is 19.1. The van der Waals surface area contributed by atoms with E-state index < -0.39 is 103 Å². The van der Waals surface area contributed by atoms with Gasteiger partial charge in [-0.3, -0.25) is 33.6 Å². The number of hydrogen-bond acceptors (Lipinski definition) is 13. The molecule has 1 aromatic carbocycles. The van der Waals surface area contributed by atoms with Crippen molar-refractivity contribution in [2.24, 2.45) is 17.2 Å². The van der Waals surface area contributed by atoms with Gasteiger partial charge in [0.25, 0.3) is 0 Å². The van der Waals surface area contributed by atoms with Crippen molar-refractivity contribution in [3.8, 4) is 5.75 Å². The zero-order chi connectivity index (χ0) is 42.9. The first-order valence-electron chi connectivity index (χ1n) is 19.3. The second-order valence-electron chi connectivity index (χ2n) is 14.4. The molecule has 2 saturated heterocycles. The van der Waals surface area contributed by atoms with E-state index in [0.717, 1.165) is 0 Å². The molecule has 2 aliphatic rings. The Hall–Kier alpha value is -4.99. The number of aliphatic hydroxyl groups excluding tert-OH is 1. The van der Waals surface area contributed by atoms with E-state index in [2.05, 4.69) is 21.3 Å². The number of carboxylic acids is 1. The van der Waals surface area contributed by atoms with E-state index >= 15 is 0 Å². The van der Waals surface area contributed by atoms with Gasteiger partial charge in [0.2, 0.25) is 41.4 Å². The number of benzene rings is 1. The molecule has 0 aliphatic carbocycles. The molecule has 2 heterocycles. The highest BCUT2D eigenvalue weighted by atomic mass is 32.2. The number of thioether (sulfide) groups is 1. The lowest BCUT2D eigenvalue weighted by molar-refractivity contribution is -0.148. The monoisotopic (exact) mass is 835 g/mol. The number of hydrogen-bond donors (Lipinski definition) is 10. The van der Waals surface area contributed by atoms with Crippen molar-refractivity contribution >= 4 is 59.1 Å². The molecule has 0 bridgehead atoms. The number of nitrogens with one attached hydrogen (secondary N) is 4. The summed E-state index contributed by atoms with van der Waals surface area (Å²) in [6.45, 7) is -0.0833. The van der Waals surface area contributed by atoms with Gasteiger partial charge in [-0.15, -0.1) is 0 Å². The maximum atomic E-state index is 14.1. The second kappa shape index (κ2) is 23.4. The van der Waals surface area contributed by atoms with Crippen LogP contribution in [0, 0.1) is 0 Å². The summed E-state index contributed by atoms with van der Waals surface area (Å²) in [6, 6.07) is -2.71. The number of aliphatic carboxylic acids is 1. The van der Waals surface area contributed by atoms with Gasteiger partial charge in [-0.05, 0) is 87.6 Å². The minimum absolute atomic E-state index is 0.00848. The largest absolute Gasteiger partial charge is 0.508 e. The van der Waals surface area contributed by atoms with Crippen molar-refractivity contribution in [1.29, 1.82) is 0 Å². The van der Waals surface area contributed by atoms with Crippen LogP contribution >= 0.6 is 11.8 Å². The van der Waals surface area contributed by atoms with Gasteiger partial charge in [-0.1, -0.05) is 12.1 Å². The molecule has 322 valence electrons. The van der Waals surface area contributed by atoms with Crippen LogP contribution in [0.25, 0.3) is 0 Å². The summed E-state index contributed by atoms with van der Waals surface area (Å²) in [7, 11) is 0. The van der Waals surface area contributed by atoms with Crippen LogP contribution in [-0.4, -0.2) is 153 Å². The van der Waals surface area contributed by atoms with Crippen LogP contribution in [0.1, 0.15) is 63.4 Å². The topological polar surface area (TPSA) is 330 Å². The first kappa shape index (κ1) is 47.4. The summed E-state index contributed by atoms with van der Waals surface area (Å²) in [5.41, 5.74) is 17.3. The molecule has 1 aromatic rings. The van der Waals surface area contributed by atoms with Crippen molar-refractivity contribution in [2.45, 2.75) is 107 Å². The first-order valence-corrected chi connectivity index (χ1v) is 20.7. The van der Waals surface area contributed by atoms with Gasteiger partial charge in [0.15, 0.2) is 0 Å². The van der Waals surface area contributed by atoms with E-state index in [4.69, 9.17) is 17.2 Å². The number of phenols is 1. The van der Waals surface area contributed by atoms with Gasteiger partial charge in [-0.25, -0.2) is 4.79 Å². The number of nitrogens with two attached hydrogens (primary N) is 3. The number of likely N-dealkylation sites (tertiary alicyclic amines) is 2. The van der Waals surface area contributed by atoms with E-state index in [1.54, 1.807) is 6.26 Å². The predicted octanol–water partition coefficient (Wildman–Crippen LogP) is -2.98. The molecule has 0 unspecified atom stereocenters. The minimum atomic E-state index is -1.49. The number of carbonyl (C=O) groups excluding carboxylic acids is 7. The van der Waals surface area contributed by atoms with Gasteiger partial charge in [0.05, 0.1) is 13.0 Å². The molecule has 0 spiro atoms. The van der Waals surface area contributed by atoms with E-state index in [9.17, 15) is 53.7 Å². The number of phenolic OH excluding ortho intramolecular Hbond substituents is 1. The Morgan fingerprint density at radius 3 is 1.98 bits per heavy atom. The normalized spacial score (nSPS) is 19.0. The summed E-state index contributed by atoms with van der Waals surface area (Å²) in [5, 5.41) is 38.9. The van der Waals surface area contributed by atoms with Crippen LogP contribution in [-0.2, 0) is 44.8 Å². The average Bonchev–Trinajstić information content (AvgIpc) is 3.89. The van der Waals surface area contributed by atoms with Crippen LogP contribution in [0.15, 0.2) is 24.3 Å². The molecule has 3 rings (SSSR count). The smallest absolute Gasteiger partial charge is 0.326 e. The molecular formula is C37H57N9O11S. The molecule has 0 aromatic heterocycles. The van der Waals surface area contributed by atoms with E-state index in [-0.39, 0.29) is 50.9 Å². The Morgan fingerprint density at radius 1 is 0.810 bits per heavy atom. The third kappa shape index (κ3) is 13.8. The minimum Gasteiger partial charge on any atom is -0.508 e. The Bertz CT molecular complexity index is 1620. The maximum Gasteiger partial charge on any atom is 0.326 e. The number of nitrogens with zero attached hydrogens (tertiary/aromatic N) is 2. The van der Waals surface area contributed by atoms with Crippen LogP contribution in [0.4, 0.5) is 0 Å². The summed E-state index contributed by atoms with van der Waals surface area (Å²) < 4.78 is 0. The SMILES string of the molecule is CSCC[C@H](NC(=O)[C@@H](N)CO)C(=O)N[C@@H](CC(N)=O)C(=O)N1CCC[C@H]1C(=O)N1CCC[C@H]1C(=O)N[C@@H](CCCCN)C(=O)N[C@@H](Cc1ccc(O)cc1)C(=O)O. The van der Waals surface area contributed by atoms with Gasteiger partial charge < -0.3 is 63.6 Å². The number of amides is 7. The highest BCUT2D eigenvalue weighted by Crippen LogP contribution is 2.26. The van der Waals surface area contributed by atoms with Crippen LogP contribution in [0.2, 0.25) is 0 Å². The van der Waals surface area contributed by atoms with Gasteiger partial charge in [0.1, 0.15) is 48.0 Å². The predicted molar refractivity (Wildman–Crippen MR) is 211 cm³/mol. The number of aromatic hydroxyl groups is 1. The number of primary amides is 1. The van der Waals surface area contributed by atoms with Gasteiger partial charge in [-0.2, -0.15) is 11.8 Å². The Morgan fingerprint density at radius 2 is 1.40 bits per heavy atom. The number of carboxylic acid groups (broad SMARTS) is 1. The van der Waals surface area contributed by atoms with Crippen LogP contribution in [0.5, 0.6) is 5.75 Å². The number of carbonyl (C=O) groups is 8. The molecule has 7 amide bonds. The molecule has 20 nitrogen and oxygen atoms in total. The van der Waals surface area contributed by atoms with Crippen molar-refractivity contribution in [3.05, 3.63) is 29.8 Å². The average molecular weight is 836 g/mol. The standard InChI is InChI=1S/C37H57N9O11S/c1-58-17-13-25(41-31(50)23(39)20-47)33(52)43-26(19-30(40)49)35(54)46-16-5-8-29(46)36(55)45-15-4-7-28(45)34(53)42-24(6-2-3-14-38)32(51)44-27(37(56)57)18-21-9-11-22(48)12-10-21/h9-12,23-29,47-48H,2-8,13-20,38-39H2,1H3,(H2,40,49)(H,41,50)(H,42,53)(H,43,52)(H,44,51)(H,56,57)/t23-,24-,25-,26-,27-,28-,29-/m0/s1. The first-order chi connectivity index (χ1) is 27.6. The molecule has 0 saturated carbocycles. The zero-order valence-electron chi connectivity index (χ0n) is 32.6. The third-order valence-corrected chi connectivity index (χ3v) is 10.7. The van der Waals surface area contributed by atoms with Gasteiger partial charge in [0, 0.05) is 19.5 Å². The lowest BCUT2D eigenvalue weighted by Gasteiger charge is -2.33. The second-order valence-corrected chi connectivity index (χ2v) is 15.3. The molecule has 13 N–H and O–H groups in total. The zero-order valence-corrected chi connectivity index (χ0v) is 33.4. The lowest BCUT2D eigenvalue weighted by Crippen LogP contribution is -2.60. The molecule has 2 aliphatic heterocycles. The molecule has 7 atom stereocenters. The molecular weight excluding hydrogens is 779 g/mol. The summed E-state index contributed by atoms with van der Waals surface area (Å²) in [4.78, 5) is 108. The van der Waals surface area contributed by atoms with Crippen molar-refractivity contribution in [3.63, 3.8) is 0 Å². The van der Waals surface area contributed by atoms with Crippen molar-refractivity contribution < 1.29 is 53.7 Å². The fourth-order valence-corrected chi connectivity index (χ4v) is 7.36. The molecule has 58 heavy (non-hydrogen) atoms. The van der Waals surface area contributed by atoms with E-state index in [1.165, 1.54) is 45.8 Å². The molecule has 2 fully saturated rings. The quantitative estimate of drug-likeness (QED) is 0.0492. The highest BCUT2D eigenvalue weighted by Gasteiger charge is 2.44. The molecule has 21 heteroatoms. The summed E-state index contributed by atoms with van der Waals surface area (Å²) in [5.74, 6) is -6.08. The molecule has 0 radical (unpaired) electrons.